The number of aryl methyl sites for hydroxylation is 1. The van der Waals surface area contributed by atoms with Gasteiger partial charge in [0.15, 0.2) is 5.96 Å². The van der Waals surface area contributed by atoms with Crippen molar-refractivity contribution in [2.75, 3.05) is 26.8 Å². The van der Waals surface area contributed by atoms with Crippen molar-refractivity contribution in [3.63, 3.8) is 0 Å². The first-order valence-corrected chi connectivity index (χ1v) is 9.40. The predicted octanol–water partition coefficient (Wildman–Crippen LogP) is 3.32. The number of aromatic nitrogens is 2. The third-order valence-electron chi connectivity index (χ3n) is 4.21. The zero-order valence-corrected chi connectivity index (χ0v) is 19.1. The third kappa shape index (κ3) is 7.21. The summed E-state index contributed by atoms with van der Waals surface area (Å²) in [5.41, 5.74) is 3.12. The van der Waals surface area contributed by atoms with Gasteiger partial charge in [-0.25, -0.2) is 9.67 Å². The van der Waals surface area contributed by atoms with E-state index in [1.165, 1.54) is 0 Å². The Kier molecular flexibility index (Phi) is 9.72. The monoisotopic (exact) mass is 509 g/mol. The Balaban J connectivity index is 0.00000300. The number of halogens is 1. The van der Waals surface area contributed by atoms with E-state index >= 15 is 0 Å². The van der Waals surface area contributed by atoms with E-state index in [2.05, 4.69) is 27.9 Å². The molecule has 156 valence electrons. The number of rotatable bonds is 9. The topological polar surface area (TPSA) is 76.6 Å². The Bertz CT molecular complexity index is 877. The first-order valence-electron chi connectivity index (χ1n) is 9.40. The number of hydrogen-bond acceptors (Lipinski definition) is 4. The van der Waals surface area contributed by atoms with Gasteiger partial charge in [0, 0.05) is 32.8 Å². The van der Waals surface area contributed by atoms with Gasteiger partial charge >= 0.3 is 0 Å². The van der Waals surface area contributed by atoms with Gasteiger partial charge in [-0.05, 0) is 36.8 Å². The number of nitrogens with one attached hydrogen (secondary N) is 2. The number of furan rings is 1. The molecule has 2 N–H and O–H groups in total. The summed E-state index contributed by atoms with van der Waals surface area (Å²) in [6, 6.07) is 14.0. The summed E-state index contributed by atoms with van der Waals surface area (Å²) in [5, 5.41) is 11.2. The molecule has 0 saturated heterocycles. The van der Waals surface area contributed by atoms with E-state index in [1.807, 2.05) is 48.1 Å². The predicted molar refractivity (Wildman–Crippen MR) is 125 cm³/mol. The molecule has 2 heterocycles. The van der Waals surface area contributed by atoms with Crippen LogP contribution >= 0.6 is 24.0 Å². The highest BCUT2D eigenvalue weighted by molar-refractivity contribution is 14.0. The normalized spacial score (nSPS) is 11.2. The summed E-state index contributed by atoms with van der Waals surface area (Å²) in [6.07, 6.45) is 4.45. The molecule has 7 nitrogen and oxygen atoms in total. The zero-order valence-electron chi connectivity index (χ0n) is 16.8. The number of para-hydroxylation sites is 1. The van der Waals surface area contributed by atoms with Gasteiger partial charge in [0.1, 0.15) is 5.76 Å². The Morgan fingerprint density at radius 2 is 1.97 bits per heavy atom. The minimum Gasteiger partial charge on any atom is -0.469 e. The molecule has 3 rings (SSSR count). The molecule has 0 unspecified atom stereocenters. The lowest BCUT2D eigenvalue weighted by Gasteiger charge is -2.13. The Hall–Kier alpha value is -2.33. The van der Waals surface area contributed by atoms with Crippen LogP contribution in [-0.4, -0.2) is 42.5 Å². The second-order valence-electron chi connectivity index (χ2n) is 6.37. The molecule has 0 bridgehead atoms. The van der Waals surface area contributed by atoms with Gasteiger partial charge < -0.3 is 19.8 Å². The number of guanidine groups is 1. The molecular weight excluding hydrogens is 481 g/mol. The molecule has 0 aliphatic carbocycles. The first-order chi connectivity index (χ1) is 13.8. The van der Waals surface area contributed by atoms with Crippen LogP contribution < -0.4 is 10.6 Å². The van der Waals surface area contributed by atoms with Gasteiger partial charge in [0.2, 0.25) is 0 Å². The minimum absolute atomic E-state index is 0. The van der Waals surface area contributed by atoms with Crippen LogP contribution in [0.2, 0.25) is 0 Å². The van der Waals surface area contributed by atoms with E-state index in [9.17, 15) is 0 Å². The van der Waals surface area contributed by atoms with Gasteiger partial charge in [0.25, 0.3) is 0 Å². The summed E-state index contributed by atoms with van der Waals surface area (Å²) < 4.78 is 12.4. The number of hydrogen-bond donors (Lipinski definition) is 2. The molecule has 8 heteroatoms. The van der Waals surface area contributed by atoms with Crippen LogP contribution in [0.3, 0.4) is 0 Å². The van der Waals surface area contributed by atoms with Gasteiger partial charge in [-0.15, -0.1) is 24.0 Å². The fourth-order valence-corrected chi connectivity index (χ4v) is 2.79. The summed E-state index contributed by atoms with van der Waals surface area (Å²) >= 11 is 0. The van der Waals surface area contributed by atoms with Crippen LogP contribution in [0.5, 0.6) is 0 Å². The summed E-state index contributed by atoms with van der Waals surface area (Å²) in [6.45, 7) is 4.55. The highest BCUT2D eigenvalue weighted by Crippen LogP contribution is 2.15. The van der Waals surface area contributed by atoms with Crippen molar-refractivity contribution in [1.29, 1.82) is 0 Å². The molecule has 0 atom stereocenters. The number of ether oxygens (including phenoxy) is 1. The quantitative estimate of drug-likeness (QED) is 0.200. The van der Waals surface area contributed by atoms with Gasteiger partial charge in [-0.3, -0.25) is 0 Å². The average Bonchev–Trinajstić information content (AvgIpc) is 3.38. The molecule has 3 aromatic rings. The van der Waals surface area contributed by atoms with Crippen molar-refractivity contribution >= 4 is 29.9 Å². The van der Waals surface area contributed by atoms with E-state index in [4.69, 9.17) is 14.1 Å². The smallest absolute Gasteiger partial charge is 0.191 e. The maximum Gasteiger partial charge on any atom is 0.191 e. The maximum atomic E-state index is 5.38. The number of aliphatic imine (C=N–C) groups is 1. The Morgan fingerprint density at radius 3 is 2.69 bits per heavy atom. The standard InChI is InChI=1S/C21H27N5O2.HI/c1-17-10-13-26(25-17)20-8-4-3-6-18(20)16-24-21(23-12-15-27-2)22-11-9-19-7-5-14-28-19;/h3-8,10,13-14H,9,11-12,15-16H2,1-2H3,(H2,22,23,24);1H. The molecule has 0 aliphatic heterocycles. The zero-order chi connectivity index (χ0) is 19.6. The van der Waals surface area contributed by atoms with Crippen LogP contribution in [0.25, 0.3) is 5.69 Å². The number of methoxy groups -OCH3 is 1. The van der Waals surface area contributed by atoms with Crippen molar-refractivity contribution in [2.45, 2.75) is 19.9 Å². The first kappa shape index (κ1) is 23.0. The maximum absolute atomic E-state index is 5.38. The fourth-order valence-electron chi connectivity index (χ4n) is 2.79. The van der Waals surface area contributed by atoms with Gasteiger partial charge in [-0.2, -0.15) is 5.10 Å². The van der Waals surface area contributed by atoms with Crippen molar-refractivity contribution in [1.82, 2.24) is 20.4 Å². The molecule has 2 aromatic heterocycles. The number of benzene rings is 1. The second-order valence-corrected chi connectivity index (χ2v) is 6.37. The lowest BCUT2D eigenvalue weighted by Crippen LogP contribution is -2.40. The highest BCUT2D eigenvalue weighted by atomic mass is 127. The molecule has 0 aliphatic rings. The van der Waals surface area contributed by atoms with Gasteiger partial charge in [0.05, 0.1) is 30.8 Å². The molecule has 0 amide bonds. The van der Waals surface area contributed by atoms with Crippen LogP contribution in [0.4, 0.5) is 0 Å². The second kappa shape index (κ2) is 12.3. The van der Waals surface area contributed by atoms with E-state index in [1.54, 1.807) is 13.4 Å². The van der Waals surface area contributed by atoms with E-state index < -0.39 is 0 Å². The summed E-state index contributed by atoms with van der Waals surface area (Å²) in [5.74, 6) is 1.69. The van der Waals surface area contributed by atoms with Crippen molar-refractivity contribution < 1.29 is 9.15 Å². The summed E-state index contributed by atoms with van der Waals surface area (Å²) in [7, 11) is 1.69. The Labute approximate surface area is 188 Å². The number of nitrogens with zero attached hydrogens (tertiary/aromatic N) is 3. The Morgan fingerprint density at radius 1 is 1.14 bits per heavy atom. The highest BCUT2D eigenvalue weighted by Gasteiger charge is 2.06. The lowest BCUT2D eigenvalue weighted by atomic mass is 10.2. The van der Waals surface area contributed by atoms with Crippen molar-refractivity contribution in [2.24, 2.45) is 4.99 Å². The van der Waals surface area contributed by atoms with E-state index in [0.717, 1.165) is 41.6 Å². The van der Waals surface area contributed by atoms with Gasteiger partial charge in [-0.1, -0.05) is 18.2 Å². The average molecular weight is 509 g/mol. The molecule has 0 radical (unpaired) electrons. The molecule has 0 saturated carbocycles. The largest absolute Gasteiger partial charge is 0.469 e. The van der Waals surface area contributed by atoms with Crippen molar-refractivity contribution in [3.05, 3.63) is 71.9 Å². The minimum atomic E-state index is 0. The molecule has 29 heavy (non-hydrogen) atoms. The van der Waals surface area contributed by atoms with E-state index in [0.29, 0.717) is 19.7 Å². The third-order valence-corrected chi connectivity index (χ3v) is 4.21. The SMILES string of the molecule is COCCNC(=NCc1ccccc1-n1ccc(C)n1)NCCc1ccco1.I. The van der Waals surface area contributed by atoms with Crippen LogP contribution in [-0.2, 0) is 17.7 Å². The fraction of sp³-hybridized carbons (Fsp3) is 0.333. The van der Waals surface area contributed by atoms with Crippen LogP contribution in [0.15, 0.2) is 64.3 Å². The van der Waals surface area contributed by atoms with Crippen LogP contribution in [0, 0.1) is 6.92 Å². The molecule has 0 spiro atoms. The summed E-state index contributed by atoms with van der Waals surface area (Å²) in [4.78, 5) is 4.74. The van der Waals surface area contributed by atoms with Crippen LogP contribution in [0.1, 0.15) is 17.0 Å². The molecule has 1 aromatic carbocycles. The lowest BCUT2D eigenvalue weighted by molar-refractivity contribution is 0.203. The van der Waals surface area contributed by atoms with E-state index in [-0.39, 0.29) is 24.0 Å². The van der Waals surface area contributed by atoms with Crippen molar-refractivity contribution in [3.8, 4) is 5.69 Å². The molecular formula is C21H28IN5O2. The molecule has 0 fully saturated rings.